The van der Waals surface area contributed by atoms with Crippen LogP contribution in [0.25, 0.3) is 0 Å². The number of nitrogens with one attached hydrogen (secondary N) is 2. The quantitative estimate of drug-likeness (QED) is 0.131. The molecular weight excluding hydrogens is 647 g/mol. The largest absolute Gasteiger partial charge is 0.326 e. The molecule has 2 aliphatic heterocycles. The number of amides is 4. The van der Waals surface area contributed by atoms with Gasteiger partial charge in [-0.15, -0.1) is 0 Å². The highest BCUT2D eigenvalue weighted by molar-refractivity contribution is 8.29. The maximum Gasteiger partial charge on any atom is 0.267 e. The highest BCUT2D eigenvalue weighted by atomic mass is 32.2. The number of thioether (sulfide) groups is 2. The second-order valence-corrected chi connectivity index (χ2v) is 13.3. The van der Waals surface area contributed by atoms with Gasteiger partial charge in [-0.1, -0.05) is 72.9 Å². The third-order valence-electron chi connectivity index (χ3n) is 6.69. The first kappa shape index (κ1) is 33.7. The van der Waals surface area contributed by atoms with Crippen molar-refractivity contribution < 1.29 is 28.0 Å². The summed E-state index contributed by atoms with van der Waals surface area (Å²) in [6, 6.07) is 11.4. The number of halogens is 2. The molecule has 2 aliphatic rings. The summed E-state index contributed by atoms with van der Waals surface area (Å²) in [4.78, 5) is 54.0. The van der Waals surface area contributed by atoms with Gasteiger partial charge in [-0.3, -0.25) is 29.0 Å². The maximum absolute atomic E-state index is 13.3. The zero-order chi connectivity index (χ0) is 31.6. The summed E-state index contributed by atoms with van der Waals surface area (Å²) in [5.41, 5.74) is 0.808. The van der Waals surface area contributed by atoms with Crippen LogP contribution in [-0.4, -0.2) is 55.2 Å². The number of carbonyl (C=O) groups excluding carboxylic acids is 4. The average Bonchev–Trinajstić information content (AvgIpc) is 3.41. The SMILES string of the molecule is O=C(CCCCCN1C(=O)C(=C2SC(=S)N(CCCCCC(=O)Nc3cccc(F)c3)C2=O)SC1=S)Nc1cccc(F)c1. The summed E-state index contributed by atoms with van der Waals surface area (Å²) in [5.74, 6) is -1.93. The van der Waals surface area contributed by atoms with Gasteiger partial charge in [-0.05, 0) is 62.1 Å². The molecule has 2 aromatic carbocycles. The number of rotatable bonds is 14. The molecule has 2 saturated heterocycles. The Morgan fingerprint density at radius 1 is 0.659 bits per heavy atom. The van der Waals surface area contributed by atoms with E-state index in [9.17, 15) is 28.0 Å². The van der Waals surface area contributed by atoms with Crippen molar-refractivity contribution in [3.8, 4) is 0 Å². The first-order valence-electron chi connectivity index (χ1n) is 14.0. The fourth-order valence-electron chi connectivity index (χ4n) is 4.50. The zero-order valence-corrected chi connectivity index (χ0v) is 26.9. The van der Waals surface area contributed by atoms with Crippen LogP contribution >= 0.6 is 48.0 Å². The molecule has 0 atom stereocenters. The number of thiocarbonyl (C=S) groups is 2. The predicted molar refractivity (Wildman–Crippen MR) is 178 cm³/mol. The highest BCUT2D eigenvalue weighted by Gasteiger charge is 2.41. The second kappa shape index (κ2) is 16.2. The minimum absolute atomic E-state index is 0.213. The van der Waals surface area contributed by atoms with Gasteiger partial charge in [0.05, 0.1) is 9.81 Å². The van der Waals surface area contributed by atoms with Gasteiger partial charge in [0.15, 0.2) is 0 Å². The average molecular weight is 677 g/mol. The van der Waals surface area contributed by atoms with Crippen LogP contribution in [0.2, 0.25) is 0 Å². The second-order valence-electron chi connectivity index (χ2n) is 10.0. The Morgan fingerprint density at radius 2 is 1.07 bits per heavy atom. The summed E-state index contributed by atoms with van der Waals surface area (Å²) in [6.07, 6.45) is 4.30. The third-order valence-corrected chi connectivity index (χ3v) is 9.72. The van der Waals surface area contributed by atoms with E-state index in [1.54, 1.807) is 12.1 Å². The fraction of sp³-hybridized carbons (Fsp3) is 0.333. The summed E-state index contributed by atoms with van der Waals surface area (Å²) < 4.78 is 27.3. The van der Waals surface area contributed by atoms with Gasteiger partial charge >= 0.3 is 0 Å². The van der Waals surface area contributed by atoms with Crippen molar-refractivity contribution in [1.82, 2.24) is 9.80 Å². The maximum atomic E-state index is 13.3. The van der Waals surface area contributed by atoms with E-state index < -0.39 is 11.6 Å². The predicted octanol–water partition coefficient (Wildman–Crippen LogP) is 6.60. The Balaban J connectivity index is 1.17. The summed E-state index contributed by atoms with van der Waals surface area (Å²) in [7, 11) is 0. The Hall–Kier alpha value is -3.20. The first-order valence-corrected chi connectivity index (χ1v) is 16.5. The number of hydrogen-bond acceptors (Lipinski definition) is 8. The molecule has 44 heavy (non-hydrogen) atoms. The first-order chi connectivity index (χ1) is 21.1. The summed E-state index contributed by atoms with van der Waals surface area (Å²) in [5, 5.41) is 5.32. The molecule has 14 heteroatoms. The molecule has 8 nitrogen and oxygen atoms in total. The molecule has 0 bridgehead atoms. The van der Waals surface area contributed by atoms with E-state index in [2.05, 4.69) is 10.6 Å². The van der Waals surface area contributed by atoms with Crippen LogP contribution in [0.1, 0.15) is 51.4 Å². The summed E-state index contributed by atoms with van der Waals surface area (Å²) in [6.45, 7) is 0.736. The van der Waals surface area contributed by atoms with Crippen LogP contribution < -0.4 is 10.6 Å². The van der Waals surface area contributed by atoms with Gasteiger partial charge in [-0.2, -0.15) is 0 Å². The number of carbonyl (C=O) groups is 4. The molecule has 2 aromatic rings. The topological polar surface area (TPSA) is 98.8 Å². The van der Waals surface area contributed by atoms with Gasteiger partial charge in [0.2, 0.25) is 11.8 Å². The van der Waals surface area contributed by atoms with E-state index in [0.29, 0.717) is 71.6 Å². The van der Waals surface area contributed by atoms with Gasteiger partial charge < -0.3 is 10.6 Å². The van der Waals surface area contributed by atoms with Crippen molar-refractivity contribution in [2.45, 2.75) is 51.4 Å². The molecule has 2 heterocycles. The van der Waals surface area contributed by atoms with E-state index in [1.165, 1.54) is 46.2 Å². The van der Waals surface area contributed by atoms with Crippen molar-refractivity contribution >= 4 is 91.6 Å². The molecular formula is C30H30F2N4O4S4. The molecule has 232 valence electrons. The molecule has 0 aliphatic carbocycles. The normalized spacial score (nSPS) is 16.7. The fourth-order valence-corrected chi connectivity index (χ4v) is 7.27. The number of nitrogens with zero attached hydrogens (tertiary/aromatic N) is 2. The number of unbranched alkanes of at least 4 members (excludes halogenated alkanes) is 4. The lowest BCUT2D eigenvalue weighted by molar-refractivity contribution is -0.124. The van der Waals surface area contributed by atoms with Crippen LogP contribution in [0.4, 0.5) is 20.2 Å². The Bertz CT molecular complexity index is 1390. The standard InChI is InChI=1S/C30H30F2N4O4S4/c31-19-9-7-11-21(17-19)33-23(37)13-3-1-5-15-35-27(39)25(43-29(35)41)26-28(40)36(30(42)44-26)16-6-2-4-14-24(38)34-22-12-8-10-20(32)18-22/h7-12,17-18H,1-6,13-16H2,(H,33,37)(H,34,38). The van der Waals surface area contributed by atoms with Crippen LogP contribution in [0.15, 0.2) is 58.3 Å². The molecule has 0 unspecified atom stereocenters. The number of anilines is 2. The summed E-state index contributed by atoms with van der Waals surface area (Å²) >= 11 is 13.0. The van der Waals surface area contributed by atoms with E-state index in [-0.39, 0.29) is 46.3 Å². The van der Waals surface area contributed by atoms with E-state index in [4.69, 9.17) is 24.4 Å². The van der Waals surface area contributed by atoms with Crippen molar-refractivity contribution in [1.29, 1.82) is 0 Å². The zero-order valence-electron chi connectivity index (χ0n) is 23.6. The van der Waals surface area contributed by atoms with Crippen molar-refractivity contribution in [2.24, 2.45) is 0 Å². The van der Waals surface area contributed by atoms with Crippen molar-refractivity contribution in [3.05, 3.63) is 70.0 Å². The molecule has 4 amide bonds. The molecule has 2 N–H and O–H groups in total. The monoisotopic (exact) mass is 676 g/mol. The smallest absolute Gasteiger partial charge is 0.267 e. The molecule has 0 saturated carbocycles. The molecule has 0 radical (unpaired) electrons. The van der Waals surface area contributed by atoms with Gasteiger partial charge in [0.25, 0.3) is 11.8 Å². The van der Waals surface area contributed by atoms with Crippen molar-refractivity contribution in [3.63, 3.8) is 0 Å². The lowest BCUT2D eigenvalue weighted by Crippen LogP contribution is -2.31. The van der Waals surface area contributed by atoms with Crippen LogP contribution in [0.3, 0.4) is 0 Å². The van der Waals surface area contributed by atoms with Gasteiger partial charge in [0.1, 0.15) is 20.3 Å². The molecule has 0 aromatic heterocycles. The number of hydrogen-bond donors (Lipinski definition) is 2. The lowest BCUT2D eigenvalue weighted by atomic mass is 10.1. The molecule has 4 rings (SSSR count). The minimum Gasteiger partial charge on any atom is -0.326 e. The Morgan fingerprint density at radius 3 is 1.45 bits per heavy atom. The van der Waals surface area contributed by atoms with E-state index in [1.807, 2.05) is 0 Å². The Kier molecular flexibility index (Phi) is 12.4. The van der Waals surface area contributed by atoms with Gasteiger partial charge in [-0.25, -0.2) is 8.78 Å². The van der Waals surface area contributed by atoms with E-state index >= 15 is 0 Å². The van der Waals surface area contributed by atoms with Gasteiger partial charge in [0, 0.05) is 37.3 Å². The van der Waals surface area contributed by atoms with Crippen LogP contribution in [0, 0.1) is 11.6 Å². The minimum atomic E-state index is -0.424. The van der Waals surface area contributed by atoms with E-state index in [0.717, 1.165) is 23.5 Å². The van der Waals surface area contributed by atoms with Crippen LogP contribution in [-0.2, 0) is 19.2 Å². The third kappa shape index (κ3) is 9.40. The highest BCUT2D eigenvalue weighted by Crippen LogP contribution is 2.42. The van der Waals surface area contributed by atoms with Crippen LogP contribution in [0.5, 0.6) is 0 Å². The van der Waals surface area contributed by atoms with Crippen molar-refractivity contribution in [2.75, 3.05) is 23.7 Å². The lowest BCUT2D eigenvalue weighted by Gasteiger charge is -2.14. The molecule has 0 spiro atoms. The Labute approximate surface area is 273 Å². The number of benzene rings is 2. The molecule has 2 fully saturated rings.